The lowest BCUT2D eigenvalue weighted by Crippen LogP contribution is -2.36. The Bertz CT molecular complexity index is 464. The van der Waals surface area contributed by atoms with Crippen molar-refractivity contribution in [3.05, 3.63) is 11.4 Å². The van der Waals surface area contributed by atoms with Gasteiger partial charge in [-0.1, -0.05) is 20.8 Å². The Balaban J connectivity index is 2.21. The summed E-state index contributed by atoms with van der Waals surface area (Å²) in [7, 11) is 0. The van der Waals surface area contributed by atoms with Crippen LogP contribution in [-0.2, 0) is 6.42 Å². The standard InChI is InChI=1S/C16H29N5/c1-5-6-14-18-15(20-17)12(4)16(19-14)21-9-7-13(8-10-21)11(2)3/h11,13H,5-10,17H2,1-4H3,(H,18,19,20). The lowest BCUT2D eigenvalue weighted by molar-refractivity contribution is 0.310. The van der Waals surface area contributed by atoms with Gasteiger partial charge in [-0.15, -0.1) is 0 Å². The molecular formula is C16H29N5. The molecule has 1 aliphatic rings. The Labute approximate surface area is 128 Å². The highest BCUT2D eigenvalue weighted by atomic mass is 15.3. The van der Waals surface area contributed by atoms with Gasteiger partial charge in [-0.2, -0.15) is 0 Å². The molecule has 2 heterocycles. The minimum atomic E-state index is 0.759. The molecule has 0 amide bonds. The second kappa shape index (κ2) is 7.07. The third-order valence-electron chi connectivity index (χ3n) is 4.56. The van der Waals surface area contributed by atoms with E-state index in [1.54, 1.807) is 0 Å². The number of hydrogen-bond acceptors (Lipinski definition) is 5. The zero-order valence-corrected chi connectivity index (χ0v) is 13.8. The number of nitrogens with two attached hydrogens (primary N) is 1. The average Bonchev–Trinajstić information content (AvgIpc) is 2.49. The van der Waals surface area contributed by atoms with Crippen molar-refractivity contribution in [1.29, 1.82) is 0 Å². The predicted octanol–water partition coefficient (Wildman–Crippen LogP) is 2.90. The summed E-state index contributed by atoms with van der Waals surface area (Å²) >= 11 is 0. The highest BCUT2D eigenvalue weighted by Crippen LogP contribution is 2.30. The molecule has 5 heteroatoms. The van der Waals surface area contributed by atoms with E-state index in [1.807, 2.05) is 0 Å². The number of aryl methyl sites for hydroxylation is 1. The minimum Gasteiger partial charge on any atom is -0.356 e. The summed E-state index contributed by atoms with van der Waals surface area (Å²) in [6, 6.07) is 0. The number of piperidine rings is 1. The van der Waals surface area contributed by atoms with Gasteiger partial charge in [-0.3, -0.25) is 0 Å². The van der Waals surface area contributed by atoms with Crippen molar-refractivity contribution >= 4 is 11.6 Å². The zero-order chi connectivity index (χ0) is 15.4. The van der Waals surface area contributed by atoms with Crippen LogP contribution in [0, 0.1) is 18.8 Å². The lowest BCUT2D eigenvalue weighted by Gasteiger charge is -2.35. The fraction of sp³-hybridized carbons (Fsp3) is 0.750. The minimum absolute atomic E-state index is 0.759. The first-order valence-corrected chi connectivity index (χ1v) is 8.15. The maximum atomic E-state index is 5.62. The summed E-state index contributed by atoms with van der Waals surface area (Å²) in [4.78, 5) is 11.7. The van der Waals surface area contributed by atoms with Crippen LogP contribution in [0.4, 0.5) is 11.6 Å². The molecule has 3 N–H and O–H groups in total. The Hall–Kier alpha value is -1.36. The van der Waals surface area contributed by atoms with E-state index in [-0.39, 0.29) is 0 Å². The van der Waals surface area contributed by atoms with Gasteiger partial charge >= 0.3 is 0 Å². The Kier molecular flexibility index (Phi) is 5.39. The molecule has 5 nitrogen and oxygen atoms in total. The van der Waals surface area contributed by atoms with Crippen molar-refractivity contribution in [2.45, 2.75) is 53.4 Å². The van der Waals surface area contributed by atoms with E-state index in [0.717, 1.165) is 60.8 Å². The second-order valence-electron chi connectivity index (χ2n) is 6.40. The van der Waals surface area contributed by atoms with Gasteiger partial charge < -0.3 is 10.3 Å². The highest BCUT2D eigenvalue weighted by Gasteiger charge is 2.24. The van der Waals surface area contributed by atoms with E-state index >= 15 is 0 Å². The van der Waals surface area contributed by atoms with Crippen molar-refractivity contribution in [3.63, 3.8) is 0 Å². The van der Waals surface area contributed by atoms with E-state index in [9.17, 15) is 0 Å². The smallest absolute Gasteiger partial charge is 0.148 e. The molecule has 0 atom stereocenters. The maximum absolute atomic E-state index is 5.62. The van der Waals surface area contributed by atoms with Gasteiger partial charge in [0.05, 0.1) is 0 Å². The van der Waals surface area contributed by atoms with Crippen LogP contribution in [0.2, 0.25) is 0 Å². The van der Waals surface area contributed by atoms with Crippen molar-refractivity contribution in [3.8, 4) is 0 Å². The fourth-order valence-electron chi connectivity index (χ4n) is 3.11. The van der Waals surface area contributed by atoms with Crippen LogP contribution in [0.3, 0.4) is 0 Å². The van der Waals surface area contributed by atoms with Gasteiger partial charge in [-0.05, 0) is 38.0 Å². The van der Waals surface area contributed by atoms with E-state index in [1.165, 1.54) is 12.8 Å². The molecule has 118 valence electrons. The van der Waals surface area contributed by atoms with Gasteiger partial charge in [-0.25, -0.2) is 15.8 Å². The van der Waals surface area contributed by atoms with Gasteiger partial charge in [0, 0.05) is 25.1 Å². The molecule has 0 saturated carbocycles. The summed E-state index contributed by atoms with van der Waals surface area (Å²) in [6.07, 6.45) is 4.43. The van der Waals surface area contributed by atoms with Gasteiger partial charge in [0.15, 0.2) is 0 Å². The van der Waals surface area contributed by atoms with Crippen LogP contribution < -0.4 is 16.2 Å². The molecule has 21 heavy (non-hydrogen) atoms. The van der Waals surface area contributed by atoms with Crippen LogP contribution in [0.15, 0.2) is 0 Å². The van der Waals surface area contributed by atoms with E-state index in [0.29, 0.717) is 0 Å². The number of hydrazine groups is 1. The highest BCUT2D eigenvalue weighted by molar-refractivity contribution is 5.58. The number of nitrogen functional groups attached to an aromatic ring is 1. The molecule has 0 spiro atoms. The summed E-state index contributed by atoms with van der Waals surface area (Å²) < 4.78 is 0. The molecule has 2 rings (SSSR count). The molecule has 1 aromatic rings. The summed E-state index contributed by atoms with van der Waals surface area (Å²) in [5.41, 5.74) is 3.78. The predicted molar refractivity (Wildman–Crippen MR) is 88.3 cm³/mol. The van der Waals surface area contributed by atoms with E-state index < -0.39 is 0 Å². The number of nitrogens with one attached hydrogen (secondary N) is 1. The zero-order valence-electron chi connectivity index (χ0n) is 13.8. The van der Waals surface area contributed by atoms with Crippen LogP contribution in [0.5, 0.6) is 0 Å². The maximum Gasteiger partial charge on any atom is 0.148 e. The molecule has 1 fully saturated rings. The number of aromatic nitrogens is 2. The monoisotopic (exact) mass is 291 g/mol. The molecule has 1 aromatic heterocycles. The Morgan fingerprint density at radius 3 is 2.48 bits per heavy atom. The summed E-state index contributed by atoms with van der Waals surface area (Å²) in [5.74, 6) is 9.93. The van der Waals surface area contributed by atoms with Crippen molar-refractivity contribution in [2.24, 2.45) is 17.7 Å². The number of rotatable bonds is 5. The first-order valence-electron chi connectivity index (χ1n) is 8.15. The SMILES string of the molecule is CCCc1nc(NN)c(C)c(N2CCC(C(C)C)CC2)n1. The first-order chi connectivity index (χ1) is 10.1. The molecule has 0 aliphatic carbocycles. The molecular weight excluding hydrogens is 262 g/mol. The van der Waals surface area contributed by atoms with Crippen molar-refractivity contribution in [1.82, 2.24) is 9.97 Å². The van der Waals surface area contributed by atoms with Crippen LogP contribution in [0.1, 0.15) is 51.4 Å². The molecule has 0 unspecified atom stereocenters. The van der Waals surface area contributed by atoms with Crippen LogP contribution in [-0.4, -0.2) is 23.1 Å². The topological polar surface area (TPSA) is 67.1 Å². The second-order valence-corrected chi connectivity index (χ2v) is 6.40. The van der Waals surface area contributed by atoms with Crippen molar-refractivity contribution in [2.75, 3.05) is 23.4 Å². The number of nitrogens with zero attached hydrogens (tertiary/aromatic N) is 3. The number of hydrogen-bond donors (Lipinski definition) is 2. The normalized spacial score (nSPS) is 16.6. The summed E-state index contributed by atoms with van der Waals surface area (Å²) in [6.45, 7) is 11.0. The third-order valence-corrected chi connectivity index (χ3v) is 4.56. The van der Waals surface area contributed by atoms with Crippen LogP contribution in [0.25, 0.3) is 0 Å². The molecule has 1 aliphatic heterocycles. The molecule has 0 aromatic carbocycles. The largest absolute Gasteiger partial charge is 0.356 e. The third kappa shape index (κ3) is 3.64. The Morgan fingerprint density at radius 2 is 1.95 bits per heavy atom. The Morgan fingerprint density at radius 1 is 1.29 bits per heavy atom. The summed E-state index contributed by atoms with van der Waals surface area (Å²) in [5, 5.41) is 0. The van der Waals surface area contributed by atoms with E-state index in [4.69, 9.17) is 10.8 Å². The molecule has 0 radical (unpaired) electrons. The fourth-order valence-corrected chi connectivity index (χ4v) is 3.11. The molecule has 1 saturated heterocycles. The average molecular weight is 291 g/mol. The molecule has 0 bridgehead atoms. The van der Waals surface area contributed by atoms with Gasteiger partial charge in [0.1, 0.15) is 17.5 Å². The van der Waals surface area contributed by atoms with Crippen LogP contribution >= 0.6 is 0 Å². The van der Waals surface area contributed by atoms with Crippen molar-refractivity contribution < 1.29 is 0 Å². The van der Waals surface area contributed by atoms with Gasteiger partial charge in [0.2, 0.25) is 0 Å². The number of anilines is 2. The van der Waals surface area contributed by atoms with Gasteiger partial charge in [0.25, 0.3) is 0 Å². The van der Waals surface area contributed by atoms with E-state index in [2.05, 4.69) is 43.0 Å². The quantitative estimate of drug-likeness (QED) is 0.645. The lowest BCUT2D eigenvalue weighted by atomic mass is 9.86. The first kappa shape index (κ1) is 16.0.